The van der Waals surface area contributed by atoms with Crippen LogP contribution < -0.4 is 0 Å². The van der Waals surface area contributed by atoms with Gasteiger partial charge in [0.1, 0.15) is 21.2 Å². The topological polar surface area (TPSA) is 63.5 Å². The molecule has 1 aliphatic heterocycles. The molecule has 1 aromatic rings. The van der Waals surface area contributed by atoms with Crippen LogP contribution in [0.4, 0.5) is 0 Å². The zero-order chi connectivity index (χ0) is 25.3. The van der Waals surface area contributed by atoms with Gasteiger partial charge in [-0.05, 0) is 53.2 Å². The van der Waals surface area contributed by atoms with Gasteiger partial charge in [0.05, 0.1) is 19.0 Å². The van der Waals surface area contributed by atoms with E-state index in [-0.39, 0.29) is 16.0 Å². The lowest BCUT2D eigenvalue weighted by Gasteiger charge is -2.34. The van der Waals surface area contributed by atoms with Gasteiger partial charge in [0.2, 0.25) is 5.84 Å². The summed E-state index contributed by atoms with van der Waals surface area (Å²) in [7, 11) is 0.275. The van der Waals surface area contributed by atoms with E-state index in [0.717, 1.165) is 5.56 Å². The molecule has 0 atom stereocenters. The van der Waals surface area contributed by atoms with Crippen LogP contribution in [0.5, 0.6) is 0 Å². The maximum absolute atomic E-state index is 10.4. The van der Waals surface area contributed by atoms with Crippen molar-refractivity contribution in [3.63, 3.8) is 0 Å². The number of aryl methyl sites for hydroxylation is 1. The van der Waals surface area contributed by atoms with E-state index in [1.165, 1.54) is 82.2 Å². The van der Waals surface area contributed by atoms with Crippen molar-refractivity contribution in [2.45, 2.75) is 122 Å². The predicted octanol–water partition coefficient (Wildman–Crippen LogP) is 6.35. The second-order valence-corrected chi connectivity index (χ2v) is 11.9. The van der Waals surface area contributed by atoms with Crippen LogP contribution in [0, 0.1) is 6.92 Å². The zero-order valence-corrected chi connectivity index (χ0v) is 23.2. The normalized spacial score (nSPS) is 17.2. The minimum atomic E-state index is -4.27. The maximum atomic E-state index is 10.4. The molecule has 0 aromatic heterocycles. The number of hydrogen-bond donors (Lipinski definition) is 0. The minimum absolute atomic E-state index is 0.178. The van der Waals surface area contributed by atoms with Gasteiger partial charge >= 0.3 is 0 Å². The van der Waals surface area contributed by atoms with Crippen molar-refractivity contribution in [3.05, 3.63) is 29.8 Å². The SMILES string of the molecule is CCCCCCCCCCCC1=[N+](C)C(C)(C)C(C)(C)N1C.Cc1ccc(S(=O)(=O)[O-])cc1. The largest absolute Gasteiger partial charge is 0.744 e. The van der Waals surface area contributed by atoms with E-state index in [1.807, 2.05) is 6.92 Å². The number of nitrogens with zero attached hydrogens (tertiary/aromatic N) is 2. The Labute approximate surface area is 204 Å². The molecule has 1 aromatic carbocycles. The van der Waals surface area contributed by atoms with Crippen LogP contribution in [0.25, 0.3) is 0 Å². The summed E-state index contributed by atoms with van der Waals surface area (Å²) in [6, 6.07) is 5.78. The number of amidine groups is 1. The first-order valence-electron chi connectivity index (χ1n) is 12.6. The molecular weight excluding hydrogens is 432 g/mol. The lowest BCUT2D eigenvalue weighted by atomic mass is 9.83. The van der Waals surface area contributed by atoms with Gasteiger partial charge in [-0.25, -0.2) is 8.42 Å². The molecule has 0 spiro atoms. The van der Waals surface area contributed by atoms with Crippen LogP contribution in [-0.4, -0.2) is 53.5 Å². The molecule has 0 radical (unpaired) electrons. The van der Waals surface area contributed by atoms with Crippen LogP contribution in [0.2, 0.25) is 0 Å². The summed E-state index contributed by atoms with van der Waals surface area (Å²) in [6.07, 6.45) is 13.9. The Balaban J connectivity index is 0.000000412. The van der Waals surface area contributed by atoms with Crippen molar-refractivity contribution >= 4 is 16.0 Å². The van der Waals surface area contributed by atoms with E-state index in [2.05, 4.69) is 58.2 Å². The summed E-state index contributed by atoms with van der Waals surface area (Å²) in [6.45, 7) is 13.6. The Morgan fingerprint density at radius 3 is 1.73 bits per heavy atom. The van der Waals surface area contributed by atoms with E-state index < -0.39 is 10.1 Å². The fourth-order valence-corrected chi connectivity index (χ4v) is 4.79. The smallest absolute Gasteiger partial charge is 0.247 e. The number of unbranched alkanes of at least 4 members (excludes halogenated alkanes) is 8. The van der Waals surface area contributed by atoms with Gasteiger partial charge in [0.15, 0.2) is 0 Å². The summed E-state index contributed by atoms with van der Waals surface area (Å²) in [4.78, 5) is 2.33. The van der Waals surface area contributed by atoms with Crippen molar-refractivity contribution in [1.82, 2.24) is 4.90 Å². The van der Waals surface area contributed by atoms with Gasteiger partial charge in [-0.1, -0.05) is 76.0 Å². The Bertz CT molecular complexity index is 856. The van der Waals surface area contributed by atoms with Crippen LogP contribution in [0.1, 0.15) is 104 Å². The molecule has 0 saturated carbocycles. The highest BCUT2D eigenvalue weighted by Crippen LogP contribution is 2.36. The second kappa shape index (κ2) is 12.9. The molecule has 2 rings (SSSR count). The maximum Gasteiger partial charge on any atom is 0.247 e. The molecule has 0 N–H and O–H groups in total. The average Bonchev–Trinajstić information content (AvgIpc) is 2.84. The van der Waals surface area contributed by atoms with Crippen LogP contribution in [-0.2, 0) is 10.1 Å². The van der Waals surface area contributed by atoms with Crippen molar-refractivity contribution in [2.75, 3.05) is 14.1 Å². The third-order valence-electron chi connectivity index (χ3n) is 7.76. The van der Waals surface area contributed by atoms with Gasteiger partial charge in [0.25, 0.3) is 0 Å². The highest BCUT2D eigenvalue weighted by Gasteiger charge is 2.56. The van der Waals surface area contributed by atoms with Crippen molar-refractivity contribution in [2.24, 2.45) is 0 Å². The lowest BCUT2D eigenvalue weighted by molar-refractivity contribution is -0.574. The molecule has 0 saturated heterocycles. The molecule has 33 heavy (non-hydrogen) atoms. The minimum Gasteiger partial charge on any atom is -0.744 e. The molecule has 1 heterocycles. The molecule has 0 aliphatic carbocycles. The van der Waals surface area contributed by atoms with Crippen LogP contribution in [0.3, 0.4) is 0 Å². The van der Waals surface area contributed by atoms with Gasteiger partial charge in [-0.15, -0.1) is 0 Å². The summed E-state index contributed by atoms with van der Waals surface area (Å²) >= 11 is 0. The fourth-order valence-electron chi connectivity index (χ4n) is 4.33. The van der Waals surface area contributed by atoms with E-state index in [9.17, 15) is 13.0 Å². The molecule has 0 unspecified atom stereocenters. The third kappa shape index (κ3) is 8.40. The fraction of sp³-hybridized carbons (Fsp3) is 0.741. The Morgan fingerprint density at radius 1 is 0.879 bits per heavy atom. The van der Waals surface area contributed by atoms with Gasteiger partial charge in [-0.3, -0.25) is 9.48 Å². The van der Waals surface area contributed by atoms with Crippen LogP contribution in [0.15, 0.2) is 29.2 Å². The highest BCUT2D eigenvalue weighted by molar-refractivity contribution is 7.85. The molecular formula is C27H48N2O3S. The predicted molar refractivity (Wildman–Crippen MR) is 138 cm³/mol. The Hall–Kier alpha value is -1.40. The van der Waals surface area contributed by atoms with E-state index in [1.54, 1.807) is 12.1 Å². The standard InChI is InChI=1S/C20H41N2.C7H8O3S/c1-8-9-10-11-12-13-14-15-16-17-18-21(6)19(2,3)20(4,5)22(18)7;1-6-2-4-7(5-3-6)11(8,9)10/h8-17H2,1-7H3;2-5H,1H3,(H,8,9,10)/q+1;/p-1. The first-order valence-corrected chi connectivity index (χ1v) is 14.0. The molecule has 6 heteroatoms. The second-order valence-electron chi connectivity index (χ2n) is 10.5. The summed E-state index contributed by atoms with van der Waals surface area (Å²) in [5.41, 5.74) is 1.34. The first-order chi connectivity index (χ1) is 15.3. The summed E-state index contributed by atoms with van der Waals surface area (Å²) in [5, 5.41) is 0. The number of likely N-dealkylation sites (N-methyl/N-ethyl adjacent to an activating group) is 2. The molecule has 0 fully saturated rings. The van der Waals surface area contributed by atoms with E-state index in [4.69, 9.17) is 0 Å². The first kappa shape index (κ1) is 29.6. The van der Waals surface area contributed by atoms with E-state index >= 15 is 0 Å². The number of benzene rings is 1. The summed E-state index contributed by atoms with van der Waals surface area (Å²) in [5.74, 6) is 1.53. The third-order valence-corrected chi connectivity index (χ3v) is 8.61. The van der Waals surface area contributed by atoms with Crippen molar-refractivity contribution < 1.29 is 17.5 Å². The number of hydrogen-bond acceptors (Lipinski definition) is 4. The van der Waals surface area contributed by atoms with Crippen LogP contribution >= 0.6 is 0 Å². The quantitative estimate of drug-likeness (QED) is 0.210. The highest BCUT2D eigenvalue weighted by atomic mass is 32.2. The molecule has 0 bridgehead atoms. The van der Waals surface area contributed by atoms with Gasteiger partial charge in [-0.2, -0.15) is 0 Å². The average molecular weight is 481 g/mol. The van der Waals surface area contributed by atoms with Gasteiger partial charge in [0, 0.05) is 6.42 Å². The van der Waals surface area contributed by atoms with Gasteiger partial charge < -0.3 is 4.55 Å². The Morgan fingerprint density at radius 2 is 1.33 bits per heavy atom. The molecule has 5 nitrogen and oxygen atoms in total. The van der Waals surface area contributed by atoms with Crippen molar-refractivity contribution in [3.8, 4) is 0 Å². The molecule has 1 aliphatic rings. The molecule has 0 amide bonds. The van der Waals surface area contributed by atoms with Crippen molar-refractivity contribution in [1.29, 1.82) is 0 Å². The lowest BCUT2D eigenvalue weighted by Crippen LogP contribution is -2.53. The zero-order valence-electron chi connectivity index (χ0n) is 22.4. The Kier molecular flexibility index (Phi) is 11.6. The number of rotatable bonds is 11. The molecule has 190 valence electrons. The monoisotopic (exact) mass is 480 g/mol. The summed E-state index contributed by atoms with van der Waals surface area (Å²) < 4.78 is 33.7. The van der Waals surface area contributed by atoms with E-state index in [0.29, 0.717) is 0 Å².